The molecule has 0 radical (unpaired) electrons. The maximum absolute atomic E-state index is 12.6. The monoisotopic (exact) mass is 310 g/mol. The molecule has 0 aromatic heterocycles. The van der Waals surface area contributed by atoms with Crippen molar-refractivity contribution in [3.05, 3.63) is 77.4 Å². The zero-order valence-corrected chi connectivity index (χ0v) is 13.8. The van der Waals surface area contributed by atoms with Gasteiger partial charge in [-0.3, -0.25) is 0 Å². The fraction of sp³-hybridized carbons (Fsp3) is 0.250. The van der Waals surface area contributed by atoms with E-state index in [0.29, 0.717) is 5.57 Å². The molecule has 0 aliphatic carbocycles. The summed E-state index contributed by atoms with van der Waals surface area (Å²) in [4.78, 5) is 12.6. The number of hydrogen-bond acceptors (Lipinski definition) is 3. The van der Waals surface area contributed by atoms with Gasteiger partial charge in [-0.05, 0) is 25.0 Å². The van der Waals surface area contributed by atoms with Crippen molar-refractivity contribution in [2.45, 2.75) is 20.0 Å². The molecule has 2 aromatic carbocycles. The van der Waals surface area contributed by atoms with Gasteiger partial charge in [0, 0.05) is 12.7 Å². The van der Waals surface area contributed by atoms with E-state index in [2.05, 4.69) is 0 Å². The Balaban J connectivity index is 2.62. The second-order valence-electron chi connectivity index (χ2n) is 5.47. The Kier molecular flexibility index (Phi) is 6.12. The zero-order valence-electron chi connectivity index (χ0n) is 13.8. The van der Waals surface area contributed by atoms with E-state index >= 15 is 0 Å². The van der Waals surface area contributed by atoms with Gasteiger partial charge in [0.25, 0.3) is 0 Å². The molecule has 0 unspecified atom stereocenters. The van der Waals surface area contributed by atoms with Crippen molar-refractivity contribution in [1.82, 2.24) is 0 Å². The lowest BCUT2D eigenvalue weighted by atomic mass is 9.93. The van der Waals surface area contributed by atoms with Crippen LogP contribution in [0.2, 0.25) is 0 Å². The Hall–Kier alpha value is -2.39. The molecule has 0 saturated carbocycles. The summed E-state index contributed by atoms with van der Waals surface area (Å²) in [6, 6.07) is 19.7. The molecule has 120 valence electrons. The minimum atomic E-state index is -0.343. The summed E-state index contributed by atoms with van der Waals surface area (Å²) < 4.78 is 10.7. The topological polar surface area (TPSA) is 35.5 Å². The maximum atomic E-state index is 12.6. The highest BCUT2D eigenvalue weighted by Gasteiger charge is 2.20. The van der Waals surface area contributed by atoms with Crippen LogP contribution in [0.1, 0.15) is 25.0 Å². The normalized spacial score (nSPS) is 10.4. The molecule has 0 spiro atoms. The quantitative estimate of drug-likeness (QED) is 0.595. The van der Waals surface area contributed by atoms with Gasteiger partial charge in [0.1, 0.15) is 0 Å². The van der Waals surface area contributed by atoms with Crippen molar-refractivity contribution in [3.8, 4) is 0 Å². The third-order valence-electron chi connectivity index (χ3n) is 3.30. The SMILES string of the molecule is COCC(C(=O)OC(C)C)=C(c1ccccc1)c1ccccc1. The highest BCUT2D eigenvalue weighted by atomic mass is 16.5. The van der Waals surface area contributed by atoms with Gasteiger partial charge in [-0.1, -0.05) is 60.7 Å². The van der Waals surface area contributed by atoms with Gasteiger partial charge in [0.15, 0.2) is 0 Å². The minimum Gasteiger partial charge on any atom is -0.460 e. The summed E-state index contributed by atoms with van der Waals surface area (Å²) in [7, 11) is 1.58. The molecule has 0 atom stereocenters. The molecule has 0 aliphatic rings. The summed E-state index contributed by atoms with van der Waals surface area (Å²) in [5.41, 5.74) is 3.30. The number of rotatable bonds is 6. The molecule has 3 nitrogen and oxygen atoms in total. The molecule has 0 fully saturated rings. The van der Waals surface area contributed by atoms with Crippen molar-refractivity contribution in [1.29, 1.82) is 0 Å². The highest BCUT2D eigenvalue weighted by Crippen LogP contribution is 2.28. The molecule has 0 N–H and O–H groups in total. The molecule has 0 bridgehead atoms. The van der Waals surface area contributed by atoms with Gasteiger partial charge in [-0.2, -0.15) is 0 Å². The van der Waals surface area contributed by atoms with Gasteiger partial charge < -0.3 is 9.47 Å². The second kappa shape index (κ2) is 8.30. The Morgan fingerprint density at radius 3 is 1.78 bits per heavy atom. The van der Waals surface area contributed by atoms with Crippen molar-refractivity contribution in [3.63, 3.8) is 0 Å². The first kappa shape index (κ1) is 17.0. The number of methoxy groups -OCH3 is 1. The van der Waals surface area contributed by atoms with Gasteiger partial charge in [-0.15, -0.1) is 0 Å². The third kappa shape index (κ3) is 4.54. The van der Waals surface area contributed by atoms with Crippen molar-refractivity contribution in [2.75, 3.05) is 13.7 Å². The van der Waals surface area contributed by atoms with Gasteiger partial charge in [0.05, 0.1) is 18.3 Å². The Morgan fingerprint density at radius 1 is 0.913 bits per heavy atom. The Morgan fingerprint density at radius 2 is 1.39 bits per heavy atom. The Bertz CT molecular complexity index is 616. The van der Waals surface area contributed by atoms with E-state index in [0.717, 1.165) is 16.7 Å². The van der Waals surface area contributed by atoms with Gasteiger partial charge in [-0.25, -0.2) is 4.79 Å². The first-order valence-corrected chi connectivity index (χ1v) is 7.67. The lowest BCUT2D eigenvalue weighted by molar-refractivity contribution is -0.143. The van der Waals surface area contributed by atoms with Crippen LogP contribution in [0.3, 0.4) is 0 Å². The van der Waals surface area contributed by atoms with E-state index in [1.165, 1.54) is 0 Å². The van der Waals surface area contributed by atoms with E-state index in [1.54, 1.807) is 7.11 Å². The lowest BCUT2D eigenvalue weighted by Gasteiger charge is -2.17. The highest BCUT2D eigenvalue weighted by molar-refractivity contribution is 6.02. The molecular weight excluding hydrogens is 288 g/mol. The molecule has 0 amide bonds. The molecule has 0 saturated heterocycles. The molecular formula is C20H22O3. The largest absolute Gasteiger partial charge is 0.460 e. The molecule has 3 heteroatoms. The van der Waals surface area contributed by atoms with E-state index in [-0.39, 0.29) is 18.7 Å². The summed E-state index contributed by atoms with van der Waals surface area (Å²) in [5, 5.41) is 0. The van der Waals surface area contributed by atoms with Crippen molar-refractivity contribution >= 4 is 11.5 Å². The van der Waals surface area contributed by atoms with Crippen LogP contribution in [0.4, 0.5) is 0 Å². The average molecular weight is 310 g/mol. The van der Waals surface area contributed by atoms with Crippen LogP contribution in [0.25, 0.3) is 5.57 Å². The number of esters is 1. The molecule has 2 aromatic rings. The van der Waals surface area contributed by atoms with Crippen LogP contribution in [0.5, 0.6) is 0 Å². The van der Waals surface area contributed by atoms with E-state index < -0.39 is 0 Å². The molecule has 0 aliphatic heterocycles. The maximum Gasteiger partial charge on any atom is 0.337 e. The fourth-order valence-corrected chi connectivity index (χ4v) is 2.39. The van der Waals surface area contributed by atoms with Crippen molar-refractivity contribution in [2.24, 2.45) is 0 Å². The average Bonchev–Trinajstić information content (AvgIpc) is 2.56. The first-order chi connectivity index (χ1) is 11.1. The summed E-state index contributed by atoms with van der Waals surface area (Å²) in [5.74, 6) is -0.343. The molecule has 2 rings (SSSR count). The summed E-state index contributed by atoms with van der Waals surface area (Å²) >= 11 is 0. The van der Waals surface area contributed by atoms with Crippen LogP contribution >= 0.6 is 0 Å². The van der Waals surface area contributed by atoms with E-state index in [1.807, 2.05) is 74.5 Å². The van der Waals surface area contributed by atoms with Crippen LogP contribution in [0, 0.1) is 0 Å². The van der Waals surface area contributed by atoms with Crippen molar-refractivity contribution < 1.29 is 14.3 Å². The minimum absolute atomic E-state index is 0.179. The van der Waals surface area contributed by atoms with Crippen LogP contribution < -0.4 is 0 Å². The molecule has 0 heterocycles. The van der Waals surface area contributed by atoms with Crippen LogP contribution in [-0.4, -0.2) is 25.8 Å². The number of carbonyl (C=O) groups is 1. The summed E-state index contributed by atoms with van der Waals surface area (Å²) in [6.45, 7) is 3.88. The number of ether oxygens (including phenoxy) is 2. The predicted octanol–water partition coefficient (Wildman–Crippen LogP) is 4.09. The predicted molar refractivity (Wildman–Crippen MR) is 92.0 cm³/mol. The smallest absolute Gasteiger partial charge is 0.337 e. The van der Waals surface area contributed by atoms with Crippen LogP contribution in [-0.2, 0) is 14.3 Å². The van der Waals surface area contributed by atoms with Gasteiger partial charge in [0.2, 0.25) is 0 Å². The first-order valence-electron chi connectivity index (χ1n) is 7.67. The fourth-order valence-electron chi connectivity index (χ4n) is 2.39. The Labute approximate surface area is 137 Å². The number of benzene rings is 2. The standard InChI is InChI=1S/C20H22O3/c1-15(2)23-20(21)18(14-22-3)19(16-10-6-4-7-11-16)17-12-8-5-9-13-17/h4-13,15H,14H2,1-3H3. The number of hydrogen-bond donors (Lipinski definition) is 0. The third-order valence-corrected chi connectivity index (χ3v) is 3.30. The number of carbonyl (C=O) groups excluding carboxylic acids is 1. The van der Waals surface area contributed by atoms with E-state index in [9.17, 15) is 4.79 Å². The van der Waals surface area contributed by atoms with E-state index in [4.69, 9.17) is 9.47 Å². The van der Waals surface area contributed by atoms with Gasteiger partial charge >= 0.3 is 5.97 Å². The molecule has 23 heavy (non-hydrogen) atoms. The summed E-state index contributed by atoms with van der Waals surface area (Å²) in [6.07, 6.45) is -0.179. The second-order valence-corrected chi connectivity index (χ2v) is 5.47. The zero-order chi connectivity index (χ0) is 16.7. The van der Waals surface area contributed by atoms with Crippen LogP contribution in [0.15, 0.2) is 66.2 Å². The lowest BCUT2D eigenvalue weighted by Crippen LogP contribution is -2.18.